The molecule has 4 N–H and O–H groups in total. The Labute approximate surface area is 257 Å². The van der Waals surface area contributed by atoms with Gasteiger partial charge in [0.1, 0.15) is 12.2 Å². The average molecular weight is 695 g/mol. The van der Waals surface area contributed by atoms with Crippen molar-refractivity contribution in [3.05, 3.63) is 69.3 Å². The number of ether oxygens (including phenoxy) is 4. The van der Waals surface area contributed by atoms with Gasteiger partial charge in [-0.1, -0.05) is 12.1 Å². The lowest BCUT2D eigenvalue weighted by molar-refractivity contribution is -0.139. The zero-order valence-corrected chi connectivity index (χ0v) is 25.4. The number of fused-ring (bicyclic) bond motifs is 1. The lowest BCUT2D eigenvalue weighted by Gasteiger charge is -2.41. The second-order valence-electron chi connectivity index (χ2n) is 9.82. The molecule has 0 saturated heterocycles. The number of amides is 2. The first-order chi connectivity index (χ1) is 20.3. The molecule has 4 rings (SSSR count). The van der Waals surface area contributed by atoms with Gasteiger partial charge in [-0.3, -0.25) is 9.59 Å². The predicted octanol–water partition coefficient (Wildman–Crippen LogP) is 2.43. The summed E-state index contributed by atoms with van der Waals surface area (Å²) in [5.41, 5.74) is 1.68. The minimum atomic E-state index is -1.22. The highest BCUT2D eigenvalue weighted by Crippen LogP contribution is 2.38. The van der Waals surface area contributed by atoms with Crippen LogP contribution < -0.4 is 24.3 Å². The number of aliphatic hydroxyl groups is 3. The van der Waals surface area contributed by atoms with Crippen molar-refractivity contribution >= 4 is 34.4 Å². The van der Waals surface area contributed by atoms with Crippen molar-refractivity contribution in [3.63, 3.8) is 0 Å². The van der Waals surface area contributed by atoms with E-state index in [0.29, 0.717) is 44.1 Å². The maximum Gasteiger partial charge on any atom is 0.247 e. The zero-order chi connectivity index (χ0) is 30.2. The Balaban J connectivity index is 1.71. The molecule has 2 aromatic carbocycles. The van der Waals surface area contributed by atoms with Crippen molar-refractivity contribution in [3.8, 4) is 23.0 Å². The van der Waals surface area contributed by atoms with Crippen molar-refractivity contribution in [2.45, 2.75) is 50.7 Å². The van der Waals surface area contributed by atoms with E-state index in [4.69, 9.17) is 18.9 Å². The molecule has 3 atom stereocenters. The van der Waals surface area contributed by atoms with Gasteiger partial charge in [0.2, 0.25) is 18.6 Å². The molecule has 1 aliphatic carbocycles. The molecule has 0 unspecified atom stereocenters. The number of hydrogen-bond acceptors (Lipinski definition) is 9. The summed E-state index contributed by atoms with van der Waals surface area (Å²) in [6.07, 6.45) is 1.58. The molecule has 226 valence electrons. The molecule has 42 heavy (non-hydrogen) atoms. The van der Waals surface area contributed by atoms with E-state index in [1.165, 1.54) is 13.2 Å². The van der Waals surface area contributed by atoms with E-state index in [-0.39, 0.29) is 51.8 Å². The van der Waals surface area contributed by atoms with Crippen molar-refractivity contribution in [2.75, 3.05) is 27.1 Å². The van der Waals surface area contributed by atoms with Crippen LogP contribution in [-0.2, 0) is 22.7 Å². The number of aliphatic hydroxyl groups excluding tert-OH is 3. The van der Waals surface area contributed by atoms with Crippen LogP contribution in [0.15, 0.2) is 54.6 Å². The first-order valence-corrected chi connectivity index (χ1v) is 14.6. The summed E-state index contributed by atoms with van der Waals surface area (Å²) in [6, 6.07) is 7.91. The van der Waals surface area contributed by atoms with Crippen molar-refractivity contribution in [1.29, 1.82) is 0 Å². The average Bonchev–Trinajstić information content (AvgIpc) is 3.47. The van der Waals surface area contributed by atoms with Gasteiger partial charge in [-0.15, -0.1) is 6.58 Å². The van der Waals surface area contributed by atoms with Crippen LogP contribution in [0.4, 0.5) is 0 Å². The van der Waals surface area contributed by atoms with Crippen LogP contribution in [0.5, 0.6) is 23.0 Å². The number of hydrogen-bond donors (Lipinski definition) is 4. The highest BCUT2D eigenvalue weighted by atomic mass is 127. The molecule has 2 amide bonds. The quantitative estimate of drug-likeness (QED) is 0.184. The van der Waals surface area contributed by atoms with Crippen LogP contribution in [-0.4, -0.2) is 77.3 Å². The lowest BCUT2D eigenvalue weighted by atomic mass is 9.87. The Bertz CT molecular complexity index is 1330. The Morgan fingerprint density at radius 3 is 2.69 bits per heavy atom. The number of benzene rings is 2. The maximum absolute atomic E-state index is 13.6. The number of carbonyl (C=O) groups excluding carboxylic acids is 2. The van der Waals surface area contributed by atoms with E-state index < -0.39 is 24.2 Å². The summed E-state index contributed by atoms with van der Waals surface area (Å²) in [6.45, 7) is 3.57. The molecule has 0 fully saturated rings. The number of nitrogens with zero attached hydrogens (tertiary/aromatic N) is 1. The molecule has 0 bridgehead atoms. The largest absolute Gasteiger partial charge is 0.493 e. The van der Waals surface area contributed by atoms with Crippen molar-refractivity contribution in [1.82, 2.24) is 10.2 Å². The summed E-state index contributed by atoms with van der Waals surface area (Å²) in [5.74, 6) is 1.18. The number of rotatable bonds is 13. The number of methoxy groups -OCH3 is 1. The van der Waals surface area contributed by atoms with Gasteiger partial charge in [0.15, 0.2) is 23.0 Å². The summed E-state index contributed by atoms with van der Waals surface area (Å²) >= 11 is 2.05. The molecule has 0 saturated carbocycles. The third kappa shape index (κ3) is 7.35. The summed E-state index contributed by atoms with van der Waals surface area (Å²) in [5, 5.41) is 33.2. The van der Waals surface area contributed by atoms with E-state index in [1.807, 2.05) is 6.07 Å². The second kappa shape index (κ2) is 14.7. The molecule has 2 aliphatic rings. The maximum atomic E-state index is 13.6. The molecular weight excluding hydrogens is 659 g/mol. The number of carbonyl (C=O) groups is 2. The smallest absolute Gasteiger partial charge is 0.247 e. The molecule has 0 spiro atoms. The van der Waals surface area contributed by atoms with Crippen LogP contribution in [0.3, 0.4) is 0 Å². The van der Waals surface area contributed by atoms with Gasteiger partial charge < -0.3 is 44.5 Å². The summed E-state index contributed by atoms with van der Waals surface area (Å²) < 4.78 is 23.4. The van der Waals surface area contributed by atoms with E-state index >= 15 is 0 Å². The van der Waals surface area contributed by atoms with Crippen LogP contribution in [0, 0.1) is 3.57 Å². The van der Waals surface area contributed by atoms with E-state index in [9.17, 15) is 24.9 Å². The minimum absolute atomic E-state index is 0.0441. The fourth-order valence-corrected chi connectivity index (χ4v) is 5.68. The molecule has 11 nitrogen and oxygen atoms in total. The molecule has 12 heteroatoms. The van der Waals surface area contributed by atoms with Gasteiger partial charge >= 0.3 is 0 Å². The van der Waals surface area contributed by atoms with Crippen molar-refractivity contribution in [2.24, 2.45) is 0 Å². The molecule has 0 radical (unpaired) electrons. The van der Waals surface area contributed by atoms with Gasteiger partial charge in [0.25, 0.3) is 0 Å². The Kier molecular flexibility index (Phi) is 11.1. The fraction of sp³-hybridized carbons (Fsp3) is 0.400. The van der Waals surface area contributed by atoms with E-state index in [0.717, 1.165) is 5.56 Å². The minimum Gasteiger partial charge on any atom is -0.493 e. The van der Waals surface area contributed by atoms with Gasteiger partial charge in [-0.05, 0) is 70.5 Å². The van der Waals surface area contributed by atoms with Gasteiger partial charge in [0.05, 0.1) is 29.9 Å². The highest BCUT2D eigenvalue weighted by Gasteiger charge is 2.41. The van der Waals surface area contributed by atoms with Crippen LogP contribution in [0.25, 0.3) is 0 Å². The number of allylic oxidation sites excluding steroid dienone is 1. The fourth-order valence-electron chi connectivity index (χ4n) is 4.89. The van der Waals surface area contributed by atoms with Crippen LogP contribution in [0.1, 0.15) is 30.4 Å². The molecule has 0 aromatic heterocycles. The van der Waals surface area contributed by atoms with Crippen LogP contribution in [0.2, 0.25) is 0 Å². The van der Waals surface area contributed by atoms with E-state index in [1.54, 1.807) is 35.2 Å². The Hall–Kier alpha value is -3.33. The third-order valence-electron chi connectivity index (χ3n) is 7.01. The zero-order valence-electron chi connectivity index (χ0n) is 23.3. The first-order valence-electron chi connectivity index (χ1n) is 13.5. The SMILES string of the molecule is C=CCCC(=O)N(Cc1ccc2c(c1)OCO2)[C@@H]1CC(C(=O)NCCO)=C[C@H](Oc2c(I)cc(CO)cc2OC)[C@H]1O. The highest BCUT2D eigenvalue weighted by molar-refractivity contribution is 14.1. The standard InChI is InChI=1S/C30H35IN2O9/c1-3-4-5-27(36)33(15-18-6-7-23-24(11-18)41-17-40-23)22-13-20(30(38)32-8-9-34)14-25(28(22)37)42-29-21(31)10-19(16-35)12-26(29)39-2/h3,6-7,10-12,14,22,25,28,34-35,37H,1,4-5,8-9,13,15-17H2,2H3,(H,32,38)/t22-,25+,28+/m1/s1. The Morgan fingerprint density at radius 1 is 1.19 bits per heavy atom. The van der Waals surface area contributed by atoms with Gasteiger partial charge in [-0.2, -0.15) is 0 Å². The normalized spacial score (nSPS) is 19.1. The van der Waals surface area contributed by atoms with E-state index in [2.05, 4.69) is 34.5 Å². The second-order valence-corrected chi connectivity index (χ2v) is 11.0. The van der Waals surface area contributed by atoms with Crippen molar-refractivity contribution < 1.29 is 43.9 Å². The summed E-state index contributed by atoms with van der Waals surface area (Å²) in [7, 11) is 1.47. The summed E-state index contributed by atoms with van der Waals surface area (Å²) in [4.78, 5) is 28.3. The van der Waals surface area contributed by atoms with Crippen LogP contribution >= 0.6 is 22.6 Å². The molecule has 1 aliphatic heterocycles. The lowest BCUT2D eigenvalue weighted by Crippen LogP contribution is -2.54. The monoisotopic (exact) mass is 694 g/mol. The predicted molar refractivity (Wildman–Crippen MR) is 161 cm³/mol. The first kappa shape index (κ1) is 31.6. The Morgan fingerprint density at radius 2 is 1.98 bits per heavy atom. The third-order valence-corrected chi connectivity index (χ3v) is 7.81. The topological polar surface area (TPSA) is 147 Å². The van der Waals surface area contributed by atoms with Gasteiger partial charge in [-0.25, -0.2) is 0 Å². The molecule has 2 aromatic rings. The molecule has 1 heterocycles. The molecular formula is C30H35IN2O9. The number of nitrogens with one attached hydrogen (secondary N) is 1. The van der Waals surface area contributed by atoms with Gasteiger partial charge in [0, 0.05) is 31.5 Å². The number of halogens is 1.